The predicted molar refractivity (Wildman–Crippen MR) is 76.6 cm³/mol. The van der Waals surface area contributed by atoms with E-state index in [1.807, 2.05) is 19.9 Å². The molecule has 1 fully saturated rings. The SMILES string of the molecule is CCc1cccc(S(=O)(=O)N[C@@H]2CCCN[C@@H]2C)c1. The van der Waals surface area contributed by atoms with E-state index in [-0.39, 0.29) is 12.1 Å². The molecule has 1 aromatic rings. The molecule has 1 aliphatic rings. The molecule has 2 atom stereocenters. The molecule has 1 aliphatic heterocycles. The van der Waals surface area contributed by atoms with E-state index in [1.54, 1.807) is 18.2 Å². The number of nitrogens with one attached hydrogen (secondary N) is 2. The van der Waals surface area contributed by atoms with E-state index in [0.29, 0.717) is 4.90 Å². The van der Waals surface area contributed by atoms with Gasteiger partial charge in [0.25, 0.3) is 0 Å². The van der Waals surface area contributed by atoms with Gasteiger partial charge in [-0.05, 0) is 50.4 Å². The standard InChI is InChI=1S/C14H22N2O2S/c1-3-12-6-4-7-13(10-12)19(17,18)16-14-8-5-9-15-11(14)2/h4,6-7,10-11,14-16H,3,5,8-9H2,1-2H3/t11-,14-/m1/s1. The zero-order valence-corrected chi connectivity index (χ0v) is 12.3. The van der Waals surface area contributed by atoms with Crippen molar-refractivity contribution in [3.05, 3.63) is 29.8 Å². The third kappa shape index (κ3) is 3.55. The molecule has 2 N–H and O–H groups in total. The first-order valence-corrected chi connectivity index (χ1v) is 8.36. The Hall–Kier alpha value is -0.910. The maximum Gasteiger partial charge on any atom is 0.240 e. The minimum absolute atomic E-state index is 0.0240. The van der Waals surface area contributed by atoms with Gasteiger partial charge in [-0.15, -0.1) is 0 Å². The lowest BCUT2D eigenvalue weighted by molar-refractivity contribution is 0.349. The van der Waals surface area contributed by atoms with Gasteiger partial charge in [0.15, 0.2) is 0 Å². The van der Waals surface area contributed by atoms with Gasteiger partial charge in [-0.25, -0.2) is 13.1 Å². The summed E-state index contributed by atoms with van der Waals surface area (Å²) in [6.07, 6.45) is 2.73. The number of hydrogen-bond acceptors (Lipinski definition) is 3. The quantitative estimate of drug-likeness (QED) is 0.883. The van der Waals surface area contributed by atoms with Crippen molar-refractivity contribution in [2.45, 2.75) is 50.1 Å². The first-order valence-electron chi connectivity index (χ1n) is 6.87. The fraction of sp³-hybridized carbons (Fsp3) is 0.571. The zero-order valence-electron chi connectivity index (χ0n) is 11.5. The molecule has 1 saturated heterocycles. The van der Waals surface area contributed by atoms with Crippen LogP contribution in [0.25, 0.3) is 0 Å². The fourth-order valence-corrected chi connectivity index (χ4v) is 3.83. The van der Waals surface area contributed by atoms with Crippen molar-refractivity contribution in [2.75, 3.05) is 6.54 Å². The van der Waals surface area contributed by atoms with Gasteiger partial charge in [0, 0.05) is 12.1 Å². The Kier molecular flexibility index (Phi) is 4.60. The van der Waals surface area contributed by atoms with Crippen LogP contribution in [0.4, 0.5) is 0 Å². The lowest BCUT2D eigenvalue weighted by Gasteiger charge is -2.30. The summed E-state index contributed by atoms with van der Waals surface area (Å²) in [5, 5.41) is 3.30. The molecular formula is C14H22N2O2S. The number of sulfonamides is 1. The van der Waals surface area contributed by atoms with Crippen LogP contribution in [0.1, 0.15) is 32.3 Å². The molecule has 0 bridgehead atoms. The molecule has 19 heavy (non-hydrogen) atoms. The summed E-state index contributed by atoms with van der Waals surface area (Å²) in [6, 6.07) is 7.31. The van der Waals surface area contributed by atoms with Gasteiger partial charge in [0.05, 0.1) is 4.90 Å². The van der Waals surface area contributed by atoms with E-state index in [1.165, 1.54) is 0 Å². The van der Waals surface area contributed by atoms with Gasteiger partial charge in [-0.2, -0.15) is 0 Å². The van der Waals surface area contributed by atoms with Crippen molar-refractivity contribution in [2.24, 2.45) is 0 Å². The molecule has 0 saturated carbocycles. The van der Waals surface area contributed by atoms with Crippen LogP contribution < -0.4 is 10.0 Å². The van der Waals surface area contributed by atoms with Crippen LogP contribution in [-0.2, 0) is 16.4 Å². The van der Waals surface area contributed by atoms with E-state index < -0.39 is 10.0 Å². The summed E-state index contributed by atoms with van der Waals surface area (Å²) in [6.45, 7) is 5.01. The van der Waals surface area contributed by atoms with E-state index in [0.717, 1.165) is 31.4 Å². The highest BCUT2D eigenvalue weighted by molar-refractivity contribution is 7.89. The summed E-state index contributed by atoms with van der Waals surface area (Å²) >= 11 is 0. The third-order valence-electron chi connectivity index (χ3n) is 3.69. The third-order valence-corrected chi connectivity index (χ3v) is 5.17. The Morgan fingerprint density at radius 3 is 2.89 bits per heavy atom. The van der Waals surface area contributed by atoms with Crippen molar-refractivity contribution in [1.82, 2.24) is 10.0 Å². The Balaban J connectivity index is 2.17. The first kappa shape index (κ1) is 14.5. The highest BCUT2D eigenvalue weighted by atomic mass is 32.2. The minimum Gasteiger partial charge on any atom is -0.313 e. The number of aryl methyl sites for hydroxylation is 1. The normalized spacial score (nSPS) is 24.3. The van der Waals surface area contributed by atoms with Crippen LogP contribution in [0.2, 0.25) is 0 Å². The van der Waals surface area contributed by atoms with Gasteiger partial charge in [0.2, 0.25) is 10.0 Å². The average molecular weight is 282 g/mol. The zero-order chi connectivity index (χ0) is 13.9. The Labute approximate surface area is 115 Å². The first-order chi connectivity index (χ1) is 9.03. The highest BCUT2D eigenvalue weighted by Crippen LogP contribution is 2.15. The van der Waals surface area contributed by atoms with E-state index in [2.05, 4.69) is 10.0 Å². The van der Waals surface area contributed by atoms with Crippen LogP contribution in [0.3, 0.4) is 0 Å². The van der Waals surface area contributed by atoms with E-state index in [4.69, 9.17) is 0 Å². The van der Waals surface area contributed by atoms with Crippen molar-refractivity contribution >= 4 is 10.0 Å². The monoisotopic (exact) mass is 282 g/mol. The van der Waals surface area contributed by atoms with Gasteiger partial charge in [-0.3, -0.25) is 0 Å². The van der Waals surface area contributed by atoms with Crippen LogP contribution in [0.15, 0.2) is 29.2 Å². The number of rotatable bonds is 4. The van der Waals surface area contributed by atoms with Crippen molar-refractivity contribution in [3.63, 3.8) is 0 Å². The van der Waals surface area contributed by atoms with E-state index in [9.17, 15) is 8.42 Å². The van der Waals surface area contributed by atoms with Crippen LogP contribution >= 0.6 is 0 Å². The summed E-state index contributed by atoms with van der Waals surface area (Å²) in [4.78, 5) is 0.365. The lowest BCUT2D eigenvalue weighted by Crippen LogP contribution is -2.51. The van der Waals surface area contributed by atoms with Gasteiger partial charge >= 0.3 is 0 Å². The summed E-state index contributed by atoms with van der Waals surface area (Å²) < 4.78 is 27.6. The lowest BCUT2D eigenvalue weighted by atomic mass is 10.0. The smallest absolute Gasteiger partial charge is 0.240 e. The largest absolute Gasteiger partial charge is 0.313 e. The highest BCUT2D eigenvalue weighted by Gasteiger charge is 2.26. The second-order valence-electron chi connectivity index (χ2n) is 5.11. The molecule has 0 aromatic heterocycles. The summed E-state index contributed by atoms with van der Waals surface area (Å²) in [5.41, 5.74) is 1.04. The van der Waals surface area contributed by atoms with Crippen LogP contribution in [0.5, 0.6) is 0 Å². The molecule has 0 amide bonds. The average Bonchev–Trinajstić information content (AvgIpc) is 2.41. The van der Waals surface area contributed by atoms with Crippen LogP contribution in [-0.4, -0.2) is 27.0 Å². The van der Waals surface area contributed by atoms with Gasteiger partial charge in [-0.1, -0.05) is 19.1 Å². The molecule has 0 spiro atoms. The number of benzene rings is 1. The fourth-order valence-electron chi connectivity index (χ4n) is 2.40. The maximum absolute atomic E-state index is 12.4. The summed E-state index contributed by atoms with van der Waals surface area (Å²) in [7, 11) is -3.42. The number of hydrogen-bond donors (Lipinski definition) is 2. The van der Waals surface area contributed by atoms with Gasteiger partial charge < -0.3 is 5.32 Å². The van der Waals surface area contributed by atoms with Gasteiger partial charge in [0.1, 0.15) is 0 Å². The molecular weight excluding hydrogens is 260 g/mol. The predicted octanol–water partition coefficient (Wildman–Crippen LogP) is 1.67. The molecule has 0 unspecified atom stereocenters. The molecule has 5 heteroatoms. The summed E-state index contributed by atoms with van der Waals surface area (Å²) in [5.74, 6) is 0. The topological polar surface area (TPSA) is 58.2 Å². The molecule has 4 nitrogen and oxygen atoms in total. The maximum atomic E-state index is 12.4. The molecule has 1 heterocycles. The number of piperidine rings is 1. The second-order valence-corrected chi connectivity index (χ2v) is 6.83. The minimum atomic E-state index is -3.42. The van der Waals surface area contributed by atoms with Crippen molar-refractivity contribution in [3.8, 4) is 0 Å². The van der Waals surface area contributed by atoms with Crippen LogP contribution in [0, 0.1) is 0 Å². The molecule has 1 aromatic carbocycles. The second kappa shape index (κ2) is 6.03. The molecule has 2 rings (SSSR count). The van der Waals surface area contributed by atoms with E-state index >= 15 is 0 Å². The Morgan fingerprint density at radius 2 is 2.21 bits per heavy atom. The Morgan fingerprint density at radius 1 is 1.42 bits per heavy atom. The molecule has 0 aliphatic carbocycles. The molecule has 0 radical (unpaired) electrons. The van der Waals surface area contributed by atoms with Crippen molar-refractivity contribution in [1.29, 1.82) is 0 Å². The Bertz CT molecular complexity index is 528. The molecule has 106 valence electrons. The van der Waals surface area contributed by atoms with Crippen molar-refractivity contribution < 1.29 is 8.42 Å².